The highest BCUT2D eigenvalue weighted by Crippen LogP contribution is 2.35. The van der Waals surface area contributed by atoms with Crippen molar-refractivity contribution in [3.8, 4) is 0 Å². The summed E-state index contributed by atoms with van der Waals surface area (Å²) in [7, 11) is 0. The molecule has 1 rings (SSSR count). The van der Waals surface area contributed by atoms with E-state index in [2.05, 4.69) is 15.9 Å². The van der Waals surface area contributed by atoms with Crippen molar-refractivity contribution in [2.24, 2.45) is 11.3 Å². The van der Waals surface area contributed by atoms with E-state index < -0.39 is 17.4 Å². The van der Waals surface area contributed by atoms with Crippen LogP contribution in [-0.4, -0.2) is 23.7 Å². The second-order valence-corrected chi connectivity index (χ2v) is 7.03. The van der Waals surface area contributed by atoms with Crippen molar-refractivity contribution < 1.29 is 19.4 Å². The van der Waals surface area contributed by atoms with Gasteiger partial charge in [0.2, 0.25) is 0 Å². The lowest BCUT2D eigenvalue weighted by molar-refractivity contribution is -0.170. The summed E-state index contributed by atoms with van der Waals surface area (Å²) in [4.78, 5) is 24.9. The first-order chi connectivity index (χ1) is 9.31. The highest BCUT2D eigenvalue weighted by Gasteiger charge is 2.48. The van der Waals surface area contributed by atoms with Crippen LogP contribution in [0.25, 0.3) is 0 Å². The smallest absolute Gasteiger partial charge is 0.323 e. The number of aliphatic carboxylic acids is 1. The van der Waals surface area contributed by atoms with Crippen molar-refractivity contribution in [2.75, 3.05) is 6.61 Å². The summed E-state index contributed by atoms with van der Waals surface area (Å²) < 4.78 is 5.92. The topological polar surface area (TPSA) is 63.6 Å². The third kappa shape index (κ3) is 4.06. The van der Waals surface area contributed by atoms with E-state index in [9.17, 15) is 14.7 Å². The summed E-state index contributed by atoms with van der Waals surface area (Å²) in [5.74, 6) is -1.68. The summed E-state index contributed by atoms with van der Waals surface area (Å²) in [6, 6.07) is 1.85. The molecule has 1 atom stereocenters. The number of hydrogen-bond donors (Lipinski definition) is 1. The maximum Gasteiger partial charge on any atom is 0.323 e. The van der Waals surface area contributed by atoms with Gasteiger partial charge in [-0.2, -0.15) is 0 Å². The number of ether oxygens (including phenoxy) is 1. The molecule has 0 aliphatic rings. The number of esters is 1. The number of carbonyl (C=O) groups excluding carboxylic acids is 1. The molecule has 0 saturated carbocycles. The van der Waals surface area contributed by atoms with Gasteiger partial charge in [-0.1, -0.05) is 13.8 Å². The predicted octanol–water partition coefficient (Wildman–Crippen LogP) is 3.73. The molecule has 1 aromatic heterocycles. The standard InChI is InChI=1S/C14H19BrO4S/c1-4-19-13(18)14(12(16)17,6-9(2)3)7-11-5-10(15)8-20-11/h5,8-9H,4,6-7H2,1-3H3,(H,16,17). The first-order valence-electron chi connectivity index (χ1n) is 6.45. The molecule has 0 aliphatic carbocycles. The Hall–Kier alpha value is -0.880. The van der Waals surface area contributed by atoms with E-state index in [0.29, 0.717) is 0 Å². The average Bonchev–Trinajstić information content (AvgIpc) is 2.73. The molecule has 0 amide bonds. The molecule has 1 N–H and O–H groups in total. The molecular formula is C14H19BrO4S. The van der Waals surface area contributed by atoms with E-state index in [-0.39, 0.29) is 25.4 Å². The lowest BCUT2D eigenvalue weighted by atomic mass is 9.77. The van der Waals surface area contributed by atoms with Gasteiger partial charge >= 0.3 is 11.9 Å². The van der Waals surface area contributed by atoms with E-state index in [4.69, 9.17) is 4.74 Å². The third-order valence-electron chi connectivity index (χ3n) is 2.93. The van der Waals surface area contributed by atoms with E-state index in [1.54, 1.807) is 6.92 Å². The van der Waals surface area contributed by atoms with Gasteiger partial charge in [-0.25, -0.2) is 0 Å². The summed E-state index contributed by atoms with van der Waals surface area (Å²) >= 11 is 4.78. The van der Waals surface area contributed by atoms with E-state index in [0.717, 1.165) is 9.35 Å². The molecule has 4 nitrogen and oxygen atoms in total. The zero-order chi connectivity index (χ0) is 15.3. The van der Waals surface area contributed by atoms with Crippen molar-refractivity contribution in [1.29, 1.82) is 0 Å². The number of carboxylic acid groups (broad SMARTS) is 1. The quantitative estimate of drug-likeness (QED) is 0.592. The Labute approximate surface area is 131 Å². The molecule has 0 spiro atoms. The number of thiophene rings is 1. The summed E-state index contributed by atoms with van der Waals surface area (Å²) in [6.45, 7) is 5.67. The lowest BCUT2D eigenvalue weighted by Crippen LogP contribution is -2.43. The number of halogens is 1. The minimum Gasteiger partial charge on any atom is -0.480 e. The summed E-state index contributed by atoms with van der Waals surface area (Å²) in [5.41, 5.74) is -1.51. The van der Waals surface area contributed by atoms with Crippen LogP contribution in [0.2, 0.25) is 0 Å². The Bertz CT molecular complexity index is 483. The number of carbonyl (C=O) groups is 2. The summed E-state index contributed by atoms with van der Waals surface area (Å²) in [6.07, 6.45) is 0.423. The number of hydrogen-bond acceptors (Lipinski definition) is 4. The molecule has 0 aromatic carbocycles. The summed E-state index contributed by atoms with van der Waals surface area (Å²) in [5, 5.41) is 11.5. The maximum atomic E-state index is 12.2. The van der Waals surface area contributed by atoms with Gasteiger partial charge in [-0.05, 0) is 41.3 Å². The van der Waals surface area contributed by atoms with Crippen LogP contribution in [0.5, 0.6) is 0 Å². The largest absolute Gasteiger partial charge is 0.480 e. The van der Waals surface area contributed by atoms with Crippen LogP contribution in [0.3, 0.4) is 0 Å². The molecule has 1 aromatic rings. The number of rotatable bonds is 7. The molecule has 1 unspecified atom stereocenters. The van der Waals surface area contributed by atoms with E-state index in [1.165, 1.54) is 11.3 Å². The van der Waals surface area contributed by atoms with Crippen LogP contribution in [-0.2, 0) is 20.7 Å². The normalized spacial score (nSPS) is 14.1. The molecule has 0 saturated heterocycles. The minimum atomic E-state index is -1.51. The van der Waals surface area contributed by atoms with Crippen molar-refractivity contribution in [1.82, 2.24) is 0 Å². The average molecular weight is 363 g/mol. The van der Waals surface area contributed by atoms with Crippen LogP contribution in [0, 0.1) is 11.3 Å². The van der Waals surface area contributed by atoms with Crippen LogP contribution in [0.1, 0.15) is 32.1 Å². The van der Waals surface area contributed by atoms with Gasteiger partial charge in [0.1, 0.15) is 0 Å². The highest BCUT2D eigenvalue weighted by molar-refractivity contribution is 9.10. The molecule has 0 fully saturated rings. The van der Waals surface area contributed by atoms with Gasteiger partial charge in [0.15, 0.2) is 5.41 Å². The van der Waals surface area contributed by atoms with Gasteiger partial charge in [0.05, 0.1) is 6.61 Å². The zero-order valence-corrected chi connectivity index (χ0v) is 14.2. The minimum absolute atomic E-state index is 0.0823. The monoisotopic (exact) mass is 362 g/mol. The second kappa shape index (κ2) is 7.22. The van der Waals surface area contributed by atoms with Crippen LogP contribution in [0.4, 0.5) is 0 Å². The van der Waals surface area contributed by atoms with Gasteiger partial charge in [-0.15, -0.1) is 11.3 Å². The molecular weight excluding hydrogens is 344 g/mol. The Morgan fingerprint density at radius 3 is 2.55 bits per heavy atom. The molecule has 112 valence electrons. The van der Waals surface area contributed by atoms with Crippen molar-refractivity contribution in [2.45, 2.75) is 33.6 Å². The van der Waals surface area contributed by atoms with Crippen LogP contribution >= 0.6 is 27.3 Å². The molecule has 6 heteroatoms. The van der Waals surface area contributed by atoms with Gasteiger partial charge in [0.25, 0.3) is 0 Å². The molecule has 0 bridgehead atoms. The van der Waals surface area contributed by atoms with Gasteiger partial charge < -0.3 is 9.84 Å². The van der Waals surface area contributed by atoms with Crippen molar-refractivity contribution in [3.05, 3.63) is 20.8 Å². The lowest BCUT2D eigenvalue weighted by Gasteiger charge is -2.28. The number of carboxylic acids is 1. The van der Waals surface area contributed by atoms with Crippen LogP contribution < -0.4 is 0 Å². The Morgan fingerprint density at radius 2 is 2.15 bits per heavy atom. The predicted molar refractivity (Wildman–Crippen MR) is 81.9 cm³/mol. The zero-order valence-electron chi connectivity index (χ0n) is 11.8. The van der Waals surface area contributed by atoms with Gasteiger partial charge in [0, 0.05) is 21.2 Å². The Morgan fingerprint density at radius 1 is 1.50 bits per heavy atom. The van der Waals surface area contributed by atoms with Crippen molar-refractivity contribution in [3.63, 3.8) is 0 Å². The van der Waals surface area contributed by atoms with Crippen LogP contribution in [0.15, 0.2) is 15.9 Å². The maximum absolute atomic E-state index is 12.2. The SMILES string of the molecule is CCOC(=O)C(Cc1cc(Br)cs1)(CC(C)C)C(=O)O. The third-order valence-corrected chi connectivity index (χ3v) is 4.63. The Balaban J connectivity index is 3.14. The Kier molecular flexibility index (Phi) is 6.20. The molecule has 0 aliphatic heterocycles. The van der Waals surface area contributed by atoms with Crippen molar-refractivity contribution >= 4 is 39.2 Å². The molecule has 1 heterocycles. The van der Waals surface area contributed by atoms with E-state index >= 15 is 0 Å². The fourth-order valence-electron chi connectivity index (χ4n) is 2.19. The first kappa shape index (κ1) is 17.2. The second-order valence-electron chi connectivity index (χ2n) is 5.11. The van der Waals surface area contributed by atoms with E-state index in [1.807, 2.05) is 25.3 Å². The van der Waals surface area contributed by atoms with Gasteiger partial charge in [-0.3, -0.25) is 9.59 Å². The first-order valence-corrected chi connectivity index (χ1v) is 8.12. The molecule has 0 radical (unpaired) electrons. The fraction of sp³-hybridized carbons (Fsp3) is 0.571. The highest BCUT2D eigenvalue weighted by atomic mass is 79.9. The fourth-order valence-corrected chi connectivity index (χ4v) is 3.75. The molecule has 20 heavy (non-hydrogen) atoms.